The molecular weight excluding hydrogens is 352 g/mol. The Labute approximate surface area is 154 Å². The second-order valence-electron chi connectivity index (χ2n) is 5.79. The van der Waals surface area contributed by atoms with E-state index < -0.39 is 0 Å². The van der Waals surface area contributed by atoms with Crippen molar-refractivity contribution in [2.24, 2.45) is 0 Å². The largest absolute Gasteiger partial charge is 0.347 e. The van der Waals surface area contributed by atoms with Gasteiger partial charge in [0.2, 0.25) is 0 Å². The van der Waals surface area contributed by atoms with Gasteiger partial charge in [-0.1, -0.05) is 18.2 Å². The molecule has 3 heterocycles. The SMILES string of the molecule is CSc1ccc(CN[C@H]2CNC(=O)c3cc(-c4cccs4)nn32)cc1. The van der Waals surface area contributed by atoms with E-state index in [2.05, 4.69) is 46.3 Å². The summed E-state index contributed by atoms with van der Waals surface area (Å²) in [6.45, 7) is 1.25. The number of hydrogen-bond donors (Lipinski definition) is 2. The molecule has 3 aromatic rings. The molecule has 2 aromatic heterocycles. The van der Waals surface area contributed by atoms with E-state index in [-0.39, 0.29) is 12.1 Å². The average molecular weight is 371 g/mol. The molecule has 0 unspecified atom stereocenters. The Bertz CT molecular complexity index is 871. The number of carbonyl (C=O) groups is 1. The van der Waals surface area contributed by atoms with E-state index in [9.17, 15) is 4.79 Å². The minimum absolute atomic E-state index is 0.0540. The summed E-state index contributed by atoms with van der Waals surface area (Å²) in [5.41, 5.74) is 2.66. The third-order valence-corrected chi connectivity index (χ3v) is 5.83. The van der Waals surface area contributed by atoms with Gasteiger partial charge in [0, 0.05) is 11.4 Å². The highest BCUT2D eigenvalue weighted by Gasteiger charge is 2.27. The number of thioether (sulfide) groups is 1. The first-order valence-corrected chi connectivity index (χ1v) is 10.1. The Hall–Kier alpha value is -2.09. The molecule has 0 spiro atoms. The van der Waals surface area contributed by atoms with Crippen molar-refractivity contribution in [3.63, 3.8) is 0 Å². The number of nitrogens with one attached hydrogen (secondary N) is 2. The van der Waals surface area contributed by atoms with Crippen LogP contribution in [0.4, 0.5) is 0 Å². The molecule has 7 heteroatoms. The molecule has 0 aliphatic carbocycles. The molecule has 0 saturated heterocycles. The number of fused-ring (bicyclic) bond motifs is 1. The standard InChI is InChI=1S/C18H18N4OS2/c1-24-13-6-4-12(5-7-13)10-19-17-11-20-18(23)15-9-14(21-22(15)17)16-3-2-8-25-16/h2-9,17,19H,10-11H2,1H3,(H,20,23)/t17-/m1/s1. The molecule has 1 amide bonds. The van der Waals surface area contributed by atoms with Crippen LogP contribution >= 0.6 is 23.1 Å². The van der Waals surface area contributed by atoms with Crippen molar-refractivity contribution in [3.05, 3.63) is 59.1 Å². The van der Waals surface area contributed by atoms with E-state index in [1.807, 2.05) is 28.3 Å². The zero-order valence-electron chi connectivity index (χ0n) is 13.7. The van der Waals surface area contributed by atoms with Gasteiger partial charge in [0.05, 0.1) is 11.4 Å². The van der Waals surface area contributed by atoms with Crippen LogP contribution in [0.1, 0.15) is 22.2 Å². The van der Waals surface area contributed by atoms with Crippen LogP contribution < -0.4 is 10.6 Å². The molecule has 1 atom stereocenters. The maximum atomic E-state index is 12.2. The van der Waals surface area contributed by atoms with Gasteiger partial charge in [-0.3, -0.25) is 10.1 Å². The molecular formula is C18H18N4OS2. The second-order valence-corrected chi connectivity index (χ2v) is 7.62. The number of rotatable bonds is 5. The van der Waals surface area contributed by atoms with Crippen molar-refractivity contribution < 1.29 is 4.79 Å². The maximum absolute atomic E-state index is 12.2. The Balaban J connectivity index is 1.53. The summed E-state index contributed by atoms with van der Waals surface area (Å²) in [4.78, 5) is 14.5. The van der Waals surface area contributed by atoms with Crippen molar-refractivity contribution in [1.82, 2.24) is 20.4 Å². The van der Waals surface area contributed by atoms with Crippen molar-refractivity contribution in [3.8, 4) is 10.6 Å². The number of hydrogen-bond acceptors (Lipinski definition) is 5. The smallest absolute Gasteiger partial charge is 0.269 e. The summed E-state index contributed by atoms with van der Waals surface area (Å²) in [5, 5.41) is 13.1. The Morgan fingerprint density at radius 3 is 2.92 bits per heavy atom. The Morgan fingerprint density at radius 2 is 2.20 bits per heavy atom. The first kappa shape index (κ1) is 16.4. The van der Waals surface area contributed by atoms with Crippen LogP contribution in [0.15, 0.2) is 52.7 Å². The topological polar surface area (TPSA) is 58.9 Å². The summed E-state index contributed by atoms with van der Waals surface area (Å²) in [7, 11) is 0. The van der Waals surface area contributed by atoms with Gasteiger partial charge in [0.15, 0.2) is 0 Å². The zero-order chi connectivity index (χ0) is 17.2. The van der Waals surface area contributed by atoms with E-state index >= 15 is 0 Å². The predicted molar refractivity (Wildman–Crippen MR) is 102 cm³/mol. The predicted octanol–water partition coefficient (Wildman–Crippen LogP) is 3.37. The van der Waals surface area contributed by atoms with E-state index in [4.69, 9.17) is 0 Å². The normalized spacial score (nSPS) is 16.5. The van der Waals surface area contributed by atoms with E-state index in [1.165, 1.54) is 10.5 Å². The van der Waals surface area contributed by atoms with Gasteiger partial charge in [0.1, 0.15) is 17.6 Å². The minimum Gasteiger partial charge on any atom is -0.347 e. The molecule has 0 fully saturated rings. The molecule has 1 aliphatic heterocycles. The van der Waals surface area contributed by atoms with Gasteiger partial charge in [-0.15, -0.1) is 23.1 Å². The molecule has 1 aliphatic rings. The Morgan fingerprint density at radius 1 is 1.36 bits per heavy atom. The van der Waals surface area contributed by atoms with Gasteiger partial charge in [0.25, 0.3) is 5.91 Å². The fraction of sp³-hybridized carbons (Fsp3) is 0.222. The highest BCUT2D eigenvalue weighted by molar-refractivity contribution is 7.98. The summed E-state index contributed by atoms with van der Waals surface area (Å²) < 4.78 is 1.81. The fourth-order valence-corrected chi connectivity index (χ4v) is 3.94. The molecule has 0 saturated carbocycles. The third-order valence-electron chi connectivity index (χ3n) is 4.19. The Kier molecular flexibility index (Phi) is 4.61. The van der Waals surface area contributed by atoms with Crippen LogP contribution in [0.5, 0.6) is 0 Å². The quantitative estimate of drug-likeness (QED) is 0.676. The monoisotopic (exact) mass is 370 g/mol. The fourth-order valence-electron chi connectivity index (χ4n) is 2.85. The van der Waals surface area contributed by atoms with Crippen molar-refractivity contribution >= 4 is 29.0 Å². The van der Waals surface area contributed by atoms with Gasteiger partial charge >= 0.3 is 0 Å². The summed E-state index contributed by atoms with van der Waals surface area (Å²) >= 11 is 3.36. The molecule has 2 N–H and O–H groups in total. The van der Waals surface area contributed by atoms with Gasteiger partial charge in [-0.2, -0.15) is 5.10 Å². The summed E-state index contributed by atoms with van der Waals surface area (Å²) in [5.74, 6) is -0.0716. The minimum atomic E-state index is -0.0716. The molecule has 25 heavy (non-hydrogen) atoms. The van der Waals surface area contributed by atoms with Crippen molar-refractivity contribution in [2.45, 2.75) is 17.6 Å². The second kappa shape index (κ2) is 7.03. The van der Waals surface area contributed by atoms with Crippen LogP contribution in [-0.4, -0.2) is 28.5 Å². The van der Waals surface area contributed by atoms with Crippen LogP contribution in [0.3, 0.4) is 0 Å². The van der Waals surface area contributed by atoms with Crippen molar-refractivity contribution in [1.29, 1.82) is 0 Å². The number of aromatic nitrogens is 2. The van der Waals surface area contributed by atoms with Crippen molar-refractivity contribution in [2.75, 3.05) is 12.8 Å². The molecule has 4 rings (SSSR count). The molecule has 0 bridgehead atoms. The van der Waals surface area contributed by atoms with Gasteiger partial charge < -0.3 is 5.32 Å². The number of thiophene rings is 1. The van der Waals surface area contributed by atoms with E-state index in [0.717, 1.165) is 17.1 Å². The maximum Gasteiger partial charge on any atom is 0.269 e. The average Bonchev–Trinajstić information content (AvgIpc) is 3.31. The van der Waals surface area contributed by atoms with E-state index in [0.29, 0.717) is 12.2 Å². The first-order chi connectivity index (χ1) is 12.2. The van der Waals surface area contributed by atoms with Gasteiger partial charge in [-0.25, -0.2) is 4.68 Å². The van der Waals surface area contributed by atoms with Crippen LogP contribution in [0, 0.1) is 0 Å². The number of nitrogens with zero attached hydrogens (tertiary/aromatic N) is 2. The van der Waals surface area contributed by atoms with Gasteiger partial charge in [-0.05, 0) is 41.5 Å². The summed E-state index contributed by atoms with van der Waals surface area (Å²) in [6.07, 6.45) is 2.02. The summed E-state index contributed by atoms with van der Waals surface area (Å²) in [6, 6.07) is 14.4. The third kappa shape index (κ3) is 3.35. The molecule has 5 nitrogen and oxygen atoms in total. The molecule has 1 aromatic carbocycles. The lowest BCUT2D eigenvalue weighted by Crippen LogP contribution is -2.45. The van der Waals surface area contributed by atoms with Crippen LogP contribution in [-0.2, 0) is 6.54 Å². The van der Waals surface area contributed by atoms with Crippen LogP contribution in [0.25, 0.3) is 10.6 Å². The number of carbonyl (C=O) groups excluding carboxylic acids is 1. The molecule has 0 radical (unpaired) electrons. The molecule has 128 valence electrons. The highest BCUT2D eigenvalue weighted by atomic mass is 32.2. The van der Waals surface area contributed by atoms with Crippen LogP contribution in [0.2, 0.25) is 0 Å². The lowest BCUT2D eigenvalue weighted by molar-refractivity contribution is 0.0900. The highest BCUT2D eigenvalue weighted by Crippen LogP contribution is 2.26. The number of benzene rings is 1. The van der Waals surface area contributed by atoms with E-state index in [1.54, 1.807) is 23.1 Å². The zero-order valence-corrected chi connectivity index (χ0v) is 15.4. The lowest BCUT2D eigenvalue weighted by Gasteiger charge is -2.25. The first-order valence-electron chi connectivity index (χ1n) is 8.02. The lowest BCUT2D eigenvalue weighted by atomic mass is 10.2. The number of amides is 1.